The van der Waals surface area contributed by atoms with E-state index < -0.39 is 0 Å². The van der Waals surface area contributed by atoms with Gasteiger partial charge in [0, 0.05) is 12.2 Å². The molecule has 1 aromatic rings. The van der Waals surface area contributed by atoms with Gasteiger partial charge in [-0.2, -0.15) is 0 Å². The van der Waals surface area contributed by atoms with Gasteiger partial charge in [0.1, 0.15) is 0 Å². The van der Waals surface area contributed by atoms with E-state index in [1.165, 1.54) is 14.2 Å². The van der Waals surface area contributed by atoms with Crippen molar-refractivity contribution in [2.75, 3.05) is 40.6 Å². The zero-order valence-electron chi connectivity index (χ0n) is 13.6. The van der Waals surface area contributed by atoms with Gasteiger partial charge in [-0.1, -0.05) is 0 Å². The highest BCUT2D eigenvalue weighted by atomic mass is 16.5. The fraction of sp³-hybridized carbons (Fsp3) is 0.562. The van der Waals surface area contributed by atoms with Crippen LogP contribution < -0.4 is 25.3 Å². The van der Waals surface area contributed by atoms with Gasteiger partial charge in [-0.25, -0.2) is 0 Å². The molecule has 0 saturated carbocycles. The van der Waals surface area contributed by atoms with Crippen molar-refractivity contribution in [1.29, 1.82) is 0 Å². The maximum absolute atomic E-state index is 12.4. The van der Waals surface area contributed by atoms with Crippen LogP contribution in [0.15, 0.2) is 12.1 Å². The highest BCUT2D eigenvalue weighted by Gasteiger charge is 2.21. The Labute approximate surface area is 136 Å². The second-order valence-corrected chi connectivity index (χ2v) is 5.23. The van der Waals surface area contributed by atoms with E-state index in [0.29, 0.717) is 49.2 Å². The smallest absolute Gasteiger partial charge is 0.251 e. The van der Waals surface area contributed by atoms with Gasteiger partial charge in [0.25, 0.3) is 5.91 Å². The fourth-order valence-corrected chi connectivity index (χ4v) is 2.33. The number of carbonyl (C=O) groups excluding carboxylic acids is 1. The lowest BCUT2D eigenvalue weighted by molar-refractivity contribution is 0.0929. The summed E-state index contributed by atoms with van der Waals surface area (Å²) in [5.41, 5.74) is 5.93. The molecule has 23 heavy (non-hydrogen) atoms. The van der Waals surface area contributed by atoms with Gasteiger partial charge < -0.3 is 30.0 Å². The molecule has 1 aromatic carbocycles. The SMILES string of the molecule is COc1cc(C(=O)N[C@H]2CCOC2)cc(OC)c1OCCCN. The van der Waals surface area contributed by atoms with E-state index in [0.717, 1.165) is 12.8 Å². The maximum Gasteiger partial charge on any atom is 0.251 e. The van der Waals surface area contributed by atoms with Crippen LogP contribution in [0.3, 0.4) is 0 Å². The molecule has 1 amide bonds. The molecule has 0 aromatic heterocycles. The second kappa shape index (κ2) is 8.59. The molecular formula is C16H24N2O5. The number of nitrogens with one attached hydrogen (secondary N) is 1. The minimum Gasteiger partial charge on any atom is -0.493 e. The molecule has 1 fully saturated rings. The van der Waals surface area contributed by atoms with E-state index in [-0.39, 0.29) is 11.9 Å². The van der Waals surface area contributed by atoms with E-state index in [9.17, 15) is 4.79 Å². The van der Waals surface area contributed by atoms with Crippen LogP contribution in [0.4, 0.5) is 0 Å². The van der Waals surface area contributed by atoms with Gasteiger partial charge in [0.05, 0.1) is 33.5 Å². The van der Waals surface area contributed by atoms with Crippen LogP contribution in [0, 0.1) is 0 Å². The minimum absolute atomic E-state index is 0.0416. The number of carbonyl (C=O) groups is 1. The number of rotatable bonds is 8. The summed E-state index contributed by atoms with van der Waals surface area (Å²) in [6.45, 7) is 2.20. The van der Waals surface area contributed by atoms with Crippen LogP contribution >= 0.6 is 0 Å². The second-order valence-electron chi connectivity index (χ2n) is 5.23. The van der Waals surface area contributed by atoms with E-state index >= 15 is 0 Å². The summed E-state index contributed by atoms with van der Waals surface area (Å²) in [6.07, 6.45) is 1.54. The number of hydrogen-bond donors (Lipinski definition) is 2. The Morgan fingerprint density at radius 2 is 2.04 bits per heavy atom. The number of amides is 1. The monoisotopic (exact) mass is 324 g/mol. The van der Waals surface area contributed by atoms with Crippen LogP contribution in [-0.4, -0.2) is 52.5 Å². The molecule has 1 heterocycles. The average Bonchev–Trinajstić information content (AvgIpc) is 3.07. The normalized spacial score (nSPS) is 16.9. The molecule has 7 nitrogen and oxygen atoms in total. The van der Waals surface area contributed by atoms with Crippen LogP contribution in [0.5, 0.6) is 17.2 Å². The molecule has 7 heteroatoms. The van der Waals surface area contributed by atoms with Crippen LogP contribution in [0.1, 0.15) is 23.2 Å². The first-order valence-corrected chi connectivity index (χ1v) is 7.67. The van der Waals surface area contributed by atoms with Gasteiger partial charge >= 0.3 is 0 Å². The Balaban J connectivity index is 2.18. The largest absolute Gasteiger partial charge is 0.493 e. The summed E-state index contributed by atoms with van der Waals surface area (Å²) in [5, 5.41) is 2.94. The fourth-order valence-electron chi connectivity index (χ4n) is 2.33. The third-order valence-corrected chi connectivity index (χ3v) is 3.58. The Morgan fingerprint density at radius 1 is 1.35 bits per heavy atom. The van der Waals surface area contributed by atoms with Crippen molar-refractivity contribution in [3.05, 3.63) is 17.7 Å². The summed E-state index contributed by atoms with van der Waals surface area (Å²) in [4.78, 5) is 12.4. The Hall–Kier alpha value is -1.99. The van der Waals surface area contributed by atoms with E-state index in [1.54, 1.807) is 12.1 Å². The molecule has 0 spiro atoms. The van der Waals surface area contributed by atoms with Crippen molar-refractivity contribution in [2.45, 2.75) is 18.9 Å². The lowest BCUT2D eigenvalue weighted by Gasteiger charge is -2.17. The number of methoxy groups -OCH3 is 2. The highest BCUT2D eigenvalue weighted by molar-refractivity contribution is 5.95. The zero-order chi connectivity index (χ0) is 16.7. The first-order chi connectivity index (χ1) is 11.2. The van der Waals surface area contributed by atoms with Crippen LogP contribution in [-0.2, 0) is 4.74 Å². The number of nitrogens with two attached hydrogens (primary N) is 1. The predicted molar refractivity (Wildman–Crippen MR) is 85.4 cm³/mol. The highest BCUT2D eigenvalue weighted by Crippen LogP contribution is 2.38. The Morgan fingerprint density at radius 3 is 2.57 bits per heavy atom. The first kappa shape index (κ1) is 17.4. The molecule has 0 unspecified atom stereocenters. The van der Waals surface area contributed by atoms with Gasteiger partial charge in [-0.05, 0) is 31.5 Å². The molecule has 0 radical (unpaired) electrons. The number of hydrogen-bond acceptors (Lipinski definition) is 6. The van der Waals surface area contributed by atoms with Crippen LogP contribution in [0.2, 0.25) is 0 Å². The average molecular weight is 324 g/mol. The standard InChI is InChI=1S/C16H24N2O5/c1-20-13-8-11(16(19)18-12-4-7-22-10-12)9-14(21-2)15(13)23-6-3-5-17/h8-9,12H,3-7,10,17H2,1-2H3,(H,18,19)/t12-/m0/s1. The van der Waals surface area contributed by atoms with Crippen molar-refractivity contribution in [3.63, 3.8) is 0 Å². The molecule has 0 aliphatic carbocycles. The molecule has 0 bridgehead atoms. The Bertz CT molecular complexity index is 504. The summed E-state index contributed by atoms with van der Waals surface area (Å²) in [5.74, 6) is 1.19. The number of benzene rings is 1. The molecule has 1 aliphatic heterocycles. The summed E-state index contributed by atoms with van der Waals surface area (Å²) < 4.78 is 21.6. The van der Waals surface area contributed by atoms with Crippen molar-refractivity contribution < 1.29 is 23.7 Å². The Kier molecular flexibility index (Phi) is 6.49. The van der Waals surface area contributed by atoms with Gasteiger partial charge in [0.2, 0.25) is 5.75 Å². The van der Waals surface area contributed by atoms with E-state index in [2.05, 4.69) is 5.32 Å². The van der Waals surface area contributed by atoms with Gasteiger partial charge in [0.15, 0.2) is 11.5 Å². The summed E-state index contributed by atoms with van der Waals surface area (Å²) >= 11 is 0. The molecule has 1 atom stereocenters. The summed E-state index contributed by atoms with van der Waals surface area (Å²) in [7, 11) is 3.05. The third-order valence-electron chi connectivity index (χ3n) is 3.58. The lowest BCUT2D eigenvalue weighted by atomic mass is 10.1. The van der Waals surface area contributed by atoms with E-state index in [1.807, 2.05) is 0 Å². The van der Waals surface area contributed by atoms with E-state index in [4.69, 9.17) is 24.7 Å². The molecular weight excluding hydrogens is 300 g/mol. The summed E-state index contributed by atoms with van der Waals surface area (Å²) in [6, 6.07) is 3.33. The quantitative estimate of drug-likeness (QED) is 0.692. The maximum atomic E-state index is 12.4. The van der Waals surface area contributed by atoms with Crippen molar-refractivity contribution >= 4 is 5.91 Å². The van der Waals surface area contributed by atoms with Gasteiger partial charge in [-0.15, -0.1) is 0 Å². The predicted octanol–water partition coefficient (Wildman–Crippen LogP) is 0.950. The minimum atomic E-state index is -0.189. The van der Waals surface area contributed by atoms with Gasteiger partial charge in [-0.3, -0.25) is 4.79 Å². The first-order valence-electron chi connectivity index (χ1n) is 7.67. The topological polar surface area (TPSA) is 92.0 Å². The van der Waals surface area contributed by atoms with Crippen molar-refractivity contribution in [3.8, 4) is 17.2 Å². The van der Waals surface area contributed by atoms with Crippen molar-refractivity contribution in [2.24, 2.45) is 5.73 Å². The molecule has 3 N–H and O–H groups in total. The molecule has 1 saturated heterocycles. The number of ether oxygens (including phenoxy) is 4. The van der Waals surface area contributed by atoms with Crippen molar-refractivity contribution in [1.82, 2.24) is 5.32 Å². The molecule has 2 rings (SSSR count). The lowest BCUT2D eigenvalue weighted by Crippen LogP contribution is -2.35. The molecule has 128 valence electrons. The third kappa shape index (κ3) is 4.49. The van der Waals surface area contributed by atoms with Crippen LogP contribution in [0.25, 0.3) is 0 Å². The zero-order valence-corrected chi connectivity index (χ0v) is 13.6. The molecule has 1 aliphatic rings.